The summed E-state index contributed by atoms with van der Waals surface area (Å²) in [5.41, 5.74) is -1.57. The van der Waals surface area contributed by atoms with E-state index in [2.05, 4.69) is 13.8 Å². The minimum absolute atomic E-state index is 0.0178. The van der Waals surface area contributed by atoms with Crippen LogP contribution in [0.1, 0.15) is 34.1 Å². The van der Waals surface area contributed by atoms with Crippen molar-refractivity contribution in [1.29, 1.82) is 0 Å². The van der Waals surface area contributed by atoms with Crippen LogP contribution < -0.4 is 0 Å². The number of ketones is 1. The summed E-state index contributed by atoms with van der Waals surface area (Å²) >= 11 is 0. The lowest BCUT2D eigenvalue weighted by atomic mass is 9.59. The fourth-order valence-electron chi connectivity index (χ4n) is 7.01. The van der Waals surface area contributed by atoms with Crippen molar-refractivity contribution in [1.82, 2.24) is 0 Å². The van der Waals surface area contributed by atoms with Crippen LogP contribution in [0, 0.1) is 34.5 Å². The lowest BCUT2D eigenvalue weighted by molar-refractivity contribution is -0.161. The van der Waals surface area contributed by atoms with Crippen LogP contribution in [0.15, 0.2) is 23.3 Å². The van der Waals surface area contributed by atoms with Gasteiger partial charge in [0.2, 0.25) is 5.60 Å². The monoisotopic (exact) mass is 374 g/mol. The molecular weight excluding hydrogens is 348 g/mol. The van der Waals surface area contributed by atoms with Gasteiger partial charge >= 0.3 is 6.16 Å². The quantitative estimate of drug-likeness (QED) is 0.539. The summed E-state index contributed by atoms with van der Waals surface area (Å²) in [6.45, 7) is 7.81. The molecule has 2 N–H and O–H groups in total. The Labute approximate surface area is 158 Å². The zero-order chi connectivity index (χ0) is 19.5. The zero-order valence-electron chi connectivity index (χ0n) is 16.1. The van der Waals surface area contributed by atoms with Crippen molar-refractivity contribution in [3.8, 4) is 0 Å². The number of Topliss-reactive ketones (excluding diaryl/α,β-unsaturated/α-hetero) is 1. The fraction of sp³-hybridized carbons (Fsp3) is 0.714. The first-order chi connectivity index (χ1) is 12.6. The van der Waals surface area contributed by atoms with E-state index in [1.807, 2.05) is 19.9 Å². The highest BCUT2D eigenvalue weighted by Gasteiger charge is 2.80. The Kier molecular flexibility index (Phi) is 3.13. The van der Waals surface area contributed by atoms with Crippen LogP contribution in [0.3, 0.4) is 0 Å². The van der Waals surface area contributed by atoms with Gasteiger partial charge in [-0.3, -0.25) is 4.79 Å². The molecule has 2 bridgehead atoms. The van der Waals surface area contributed by atoms with E-state index in [1.165, 1.54) is 0 Å². The minimum atomic E-state index is -1.53. The minimum Gasteiger partial charge on any atom is -0.422 e. The van der Waals surface area contributed by atoms with E-state index in [9.17, 15) is 19.8 Å². The van der Waals surface area contributed by atoms with Crippen molar-refractivity contribution in [2.24, 2.45) is 34.5 Å². The molecule has 5 aliphatic rings. The molecule has 0 amide bonds. The van der Waals surface area contributed by atoms with Crippen LogP contribution in [-0.4, -0.2) is 46.6 Å². The topological polar surface area (TPSA) is 93.1 Å². The van der Waals surface area contributed by atoms with Crippen molar-refractivity contribution in [3.63, 3.8) is 0 Å². The third kappa shape index (κ3) is 1.67. The fourth-order valence-corrected chi connectivity index (χ4v) is 7.01. The predicted molar refractivity (Wildman–Crippen MR) is 94.5 cm³/mol. The highest BCUT2D eigenvalue weighted by Crippen LogP contribution is 2.72. The number of carbonyl (C=O) groups is 2. The predicted octanol–water partition coefficient (Wildman–Crippen LogP) is 2.00. The van der Waals surface area contributed by atoms with Gasteiger partial charge in [0, 0.05) is 5.92 Å². The van der Waals surface area contributed by atoms with E-state index in [-0.39, 0.29) is 23.0 Å². The summed E-state index contributed by atoms with van der Waals surface area (Å²) in [5, 5.41) is 21.3. The molecule has 1 saturated heterocycles. The third-order valence-electron chi connectivity index (χ3n) is 8.33. The van der Waals surface area contributed by atoms with Crippen LogP contribution in [0.5, 0.6) is 0 Å². The zero-order valence-corrected chi connectivity index (χ0v) is 16.1. The molecule has 146 valence electrons. The van der Waals surface area contributed by atoms with Crippen LogP contribution in [0.4, 0.5) is 4.79 Å². The van der Waals surface area contributed by atoms with E-state index in [0.717, 1.165) is 12.0 Å². The van der Waals surface area contributed by atoms with Gasteiger partial charge in [-0.25, -0.2) is 4.79 Å². The second kappa shape index (κ2) is 4.84. The van der Waals surface area contributed by atoms with Crippen LogP contribution >= 0.6 is 0 Å². The third-order valence-corrected chi connectivity index (χ3v) is 8.33. The van der Waals surface area contributed by atoms with Crippen LogP contribution in [0.25, 0.3) is 0 Å². The van der Waals surface area contributed by atoms with Crippen molar-refractivity contribution < 1.29 is 29.3 Å². The Morgan fingerprint density at radius 1 is 1.30 bits per heavy atom. The van der Waals surface area contributed by atoms with Gasteiger partial charge < -0.3 is 19.7 Å². The molecule has 0 aromatic carbocycles. The number of hydrogen-bond donors (Lipinski definition) is 2. The number of aliphatic hydroxyl groups is 2. The second-order valence-electron chi connectivity index (χ2n) is 9.68. The Morgan fingerprint density at radius 2 is 2.00 bits per heavy atom. The summed E-state index contributed by atoms with van der Waals surface area (Å²) < 4.78 is 11.1. The summed E-state index contributed by atoms with van der Waals surface area (Å²) in [6, 6.07) is 0. The summed E-state index contributed by atoms with van der Waals surface area (Å²) in [4.78, 5) is 26.2. The van der Waals surface area contributed by atoms with Crippen molar-refractivity contribution in [2.45, 2.75) is 51.9 Å². The molecule has 0 unspecified atom stereocenters. The molecule has 8 atom stereocenters. The molecule has 5 rings (SSSR count). The van der Waals surface area contributed by atoms with Gasteiger partial charge in [-0.2, -0.15) is 0 Å². The number of fused-ring (bicyclic) bond motifs is 3. The molecule has 27 heavy (non-hydrogen) atoms. The van der Waals surface area contributed by atoms with Crippen LogP contribution in [0.2, 0.25) is 0 Å². The number of carbonyl (C=O) groups excluding carboxylic acids is 2. The SMILES string of the molecule is CC1=C[C@]23C(=O)[C@H](C=C(CO)[C@@H](O)[C@@]24OC(=O)O[C@@H]14)[C@H]1[C@@H](C[C@H]3C)C1(C)C. The molecule has 1 heterocycles. The summed E-state index contributed by atoms with van der Waals surface area (Å²) in [6.07, 6.45) is 1.49. The normalized spacial score (nSPS) is 51.6. The van der Waals surface area contributed by atoms with Gasteiger partial charge in [-0.05, 0) is 47.7 Å². The number of aliphatic hydroxyl groups excluding tert-OH is 2. The van der Waals surface area contributed by atoms with Gasteiger partial charge in [0.25, 0.3) is 0 Å². The van der Waals surface area contributed by atoms with Crippen LogP contribution in [-0.2, 0) is 14.3 Å². The van der Waals surface area contributed by atoms with E-state index >= 15 is 0 Å². The number of allylic oxidation sites excluding steroid dienone is 1. The van der Waals surface area contributed by atoms with Gasteiger partial charge in [0.1, 0.15) is 6.10 Å². The molecule has 2 saturated carbocycles. The average molecular weight is 374 g/mol. The molecule has 4 aliphatic carbocycles. The maximum absolute atomic E-state index is 14.1. The van der Waals surface area contributed by atoms with Gasteiger partial charge in [-0.15, -0.1) is 0 Å². The first-order valence-electron chi connectivity index (χ1n) is 9.75. The van der Waals surface area contributed by atoms with Crippen molar-refractivity contribution >= 4 is 11.9 Å². The Morgan fingerprint density at radius 3 is 2.67 bits per heavy atom. The largest absolute Gasteiger partial charge is 0.509 e. The molecule has 1 aliphatic heterocycles. The first kappa shape index (κ1) is 17.4. The van der Waals surface area contributed by atoms with Gasteiger partial charge in [0.15, 0.2) is 11.9 Å². The molecular formula is C21H26O6. The molecule has 0 radical (unpaired) electrons. The molecule has 3 fully saturated rings. The molecule has 0 aromatic rings. The summed E-state index contributed by atoms with van der Waals surface area (Å²) in [7, 11) is 0. The highest BCUT2D eigenvalue weighted by molar-refractivity contribution is 5.96. The maximum atomic E-state index is 14.1. The van der Waals surface area contributed by atoms with Crippen molar-refractivity contribution in [2.75, 3.05) is 6.61 Å². The average Bonchev–Trinajstić information content (AvgIpc) is 2.89. The van der Waals surface area contributed by atoms with Gasteiger partial charge in [0.05, 0.1) is 12.0 Å². The lowest BCUT2D eigenvalue weighted by Crippen LogP contribution is -2.64. The van der Waals surface area contributed by atoms with E-state index in [0.29, 0.717) is 11.5 Å². The lowest BCUT2D eigenvalue weighted by Gasteiger charge is -2.47. The molecule has 2 spiro atoms. The smallest absolute Gasteiger partial charge is 0.422 e. The Balaban J connectivity index is 1.80. The Bertz CT molecular complexity index is 825. The number of hydrogen-bond acceptors (Lipinski definition) is 6. The van der Waals surface area contributed by atoms with E-state index in [4.69, 9.17) is 9.47 Å². The number of ether oxygens (including phenoxy) is 2. The summed E-state index contributed by atoms with van der Waals surface area (Å²) in [5.74, 6) is 0.000337. The van der Waals surface area contributed by atoms with E-state index < -0.39 is 41.9 Å². The number of rotatable bonds is 1. The molecule has 0 aromatic heterocycles. The Hall–Kier alpha value is -1.66. The highest BCUT2D eigenvalue weighted by atomic mass is 16.8. The molecule has 6 nitrogen and oxygen atoms in total. The first-order valence-corrected chi connectivity index (χ1v) is 9.75. The van der Waals surface area contributed by atoms with E-state index in [1.54, 1.807) is 6.08 Å². The maximum Gasteiger partial charge on any atom is 0.509 e. The standard InChI is InChI=1S/C21H26O6/c1-9-7-20-10(2)5-13-14(19(13,3)4)12(16(20)24)6-11(8-22)15(23)21(20)17(9)26-18(25)27-21/h6-7,10,12-15,17,22-23H,5,8H2,1-4H3/t10-,12-,13-,14+,15-,17+,20+,21+/m1/s1. The van der Waals surface area contributed by atoms with Gasteiger partial charge in [-0.1, -0.05) is 32.9 Å². The van der Waals surface area contributed by atoms with Crippen molar-refractivity contribution in [3.05, 3.63) is 23.3 Å². The second-order valence-corrected chi connectivity index (χ2v) is 9.68. The molecule has 6 heteroatoms.